The van der Waals surface area contributed by atoms with Crippen LogP contribution in [0.3, 0.4) is 0 Å². The molecule has 120 valence electrons. The number of hydrogen-bond acceptors (Lipinski definition) is 5. The van der Waals surface area contributed by atoms with E-state index in [9.17, 15) is 5.11 Å². The van der Waals surface area contributed by atoms with Crippen molar-refractivity contribution in [2.24, 2.45) is 10.3 Å². The Labute approximate surface area is 159 Å². The summed E-state index contributed by atoms with van der Waals surface area (Å²) >= 11 is 3.81. The number of aliphatic hydroxyl groups excluding tert-OH is 1. The van der Waals surface area contributed by atoms with E-state index in [0.717, 1.165) is 13.0 Å². The average molecular weight is 538 g/mol. The van der Waals surface area contributed by atoms with Crippen molar-refractivity contribution < 1.29 is 36.2 Å². The third kappa shape index (κ3) is 10.0. The van der Waals surface area contributed by atoms with Crippen molar-refractivity contribution in [2.45, 2.75) is 45.1 Å². The maximum Gasteiger partial charge on any atom is 2.00 e. The summed E-state index contributed by atoms with van der Waals surface area (Å²) in [6.45, 7) is 11.0. The number of nitrogens with one attached hydrogen (secondary N) is 1. The maximum atomic E-state index is 9.77. The second-order valence-corrected chi connectivity index (χ2v) is 5.45. The standard InChI is InChI=1S/C9H16N3OS.C6H13.U/c1-6(10)9(11-14)7-5-12(2)4-3-8(7)13;1-3-5-6-4-2;/h7-8,10,13-14H,1,3-5H2,2H3;1,3-6H2,2H3;/q2*-1;+2/b10-6?,11-9+;;. The molecule has 1 saturated heterocycles. The minimum atomic E-state index is -0.431. The summed E-state index contributed by atoms with van der Waals surface area (Å²) in [5.41, 5.74) is 0.631. The molecular weight excluding hydrogens is 508 g/mol. The topological polar surface area (TPSA) is 59.7 Å². The summed E-state index contributed by atoms with van der Waals surface area (Å²) in [6, 6.07) is 0. The summed E-state index contributed by atoms with van der Waals surface area (Å²) in [7, 11) is 1.99. The van der Waals surface area contributed by atoms with E-state index in [4.69, 9.17) is 5.41 Å². The van der Waals surface area contributed by atoms with Gasteiger partial charge in [-0.15, -0.1) is 0 Å². The molecule has 0 aliphatic carbocycles. The molecule has 2 N–H and O–H groups in total. The van der Waals surface area contributed by atoms with Crippen LogP contribution in [0.5, 0.6) is 0 Å². The van der Waals surface area contributed by atoms with Gasteiger partial charge >= 0.3 is 31.1 Å². The van der Waals surface area contributed by atoms with Crippen LogP contribution in [0.1, 0.15) is 39.0 Å². The Morgan fingerprint density at radius 3 is 2.48 bits per heavy atom. The first-order valence-electron chi connectivity index (χ1n) is 7.26. The van der Waals surface area contributed by atoms with Gasteiger partial charge < -0.3 is 26.7 Å². The minimum Gasteiger partial charge on any atom is -0.394 e. The molecule has 4 nitrogen and oxygen atoms in total. The Balaban J connectivity index is 0. The number of nitrogens with zero attached hydrogens (tertiary/aromatic N) is 2. The molecule has 0 radical (unpaired) electrons. The zero-order chi connectivity index (χ0) is 15.5. The van der Waals surface area contributed by atoms with Crippen LogP contribution in [0, 0.1) is 56.3 Å². The normalized spacial score (nSPS) is 22.8. The van der Waals surface area contributed by atoms with Gasteiger partial charge in [0.1, 0.15) is 0 Å². The molecule has 1 heterocycles. The number of piperidine rings is 1. The molecule has 6 heteroatoms. The van der Waals surface area contributed by atoms with Crippen molar-refractivity contribution in [3.8, 4) is 0 Å². The number of likely N-dealkylation sites (tertiary alicyclic amines) is 1. The zero-order valence-electron chi connectivity index (χ0n) is 13.3. The fourth-order valence-corrected chi connectivity index (χ4v) is 2.43. The summed E-state index contributed by atoms with van der Waals surface area (Å²) in [6.07, 6.45) is 5.35. The van der Waals surface area contributed by atoms with E-state index < -0.39 is 6.10 Å². The third-order valence-electron chi connectivity index (χ3n) is 3.40. The van der Waals surface area contributed by atoms with Crippen LogP contribution < -0.4 is 0 Å². The molecule has 1 aliphatic heterocycles. The molecule has 2 unspecified atom stereocenters. The molecular formula is C15H29N3OSU. The number of unbranched alkanes of at least 4 members (excludes halogenated alkanes) is 3. The zero-order valence-corrected chi connectivity index (χ0v) is 18.4. The summed E-state index contributed by atoms with van der Waals surface area (Å²) < 4.78 is 3.73. The van der Waals surface area contributed by atoms with E-state index in [1.807, 2.05) is 7.05 Å². The van der Waals surface area contributed by atoms with Crippen molar-refractivity contribution in [1.82, 2.24) is 4.90 Å². The second-order valence-electron chi connectivity index (χ2n) is 5.25. The summed E-state index contributed by atoms with van der Waals surface area (Å²) in [5, 5.41) is 17.2. The summed E-state index contributed by atoms with van der Waals surface area (Å²) in [5.74, 6) is -0.128. The molecule has 0 amide bonds. The van der Waals surface area contributed by atoms with E-state index in [-0.39, 0.29) is 42.7 Å². The predicted octanol–water partition coefficient (Wildman–Crippen LogP) is 2.84. The van der Waals surface area contributed by atoms with Gasteiger partial charge in [0.2, 0.25) is 0 Å². The SMILES string of the molecule is [CH2-]C(=N)/C(=N\S)C1CN(C)CCC1O.[CH2-]CCCCC.[U+2]. The van der Waals surface area contributed by atoms with Gasteiger partial charge in [-0.1, -0.05) is 50.4 Å². The van der Waals surface area contributed by atoms with Crippen LogP contribution in [0.2, 0.25) is 0 Å². The van der Waals surface area contributed by atoms with Gasteiger partial charge in [0, 0.05) is 12.6 Å². The van der Waals surface area contributed by atoms with Crippen LogP contribution in [0.15, 0.2) is 4.40 Å². The van der Waals surface area contributed by atoms with E-state index in [2.05, 4.69) is 42.9 Å². The monoisotopic (exact) mass is 537 g/mol. The van der Waals surface area contributed by atoms with Gasteiger partial charge in [-0.25, -0.2) is 6.92 Å². The fraction of sp³-hybridized carbons (Fsp3) is 0.733. The van der Waals surface area contributed by atoms with E-state index in [0.29, 0.717) is 18.7 Å². The molecule has 1 aliphatic rings. The molecule has 0 aromatic heterocycles. The van der Waals surface area contributed by atoms with Crippen molar-refractivity contribution in [1.29, 1.82) is 5.41 Å². The minimum absolute atomic E-state index is 0. The molecule has 0 aromatic carbocycles. The number of rotatable bonds is 5. The number of aliphatic hydroxyl groups is 1. The number of thiol groups is 1. The Kier molecular flexibility index (Phi) is 16.0. The van der Waals surface area contributed by atoms with Crippen LogP contribution >= 0.6 is 12.8 Å². The Morgan fingerprint density at radius 1 is 1.48 bits per heavy atom. The molecule has 1 fully saturated rings. The largest absolute Gasteiger partial charge is 2.00 e. The molecule has 21 heavy (non-hydrogen) atoms. The van der Waals surface area contributed by atoms with Crippen LogP contribution in [0.4, 0.5) is 0 Å². The first-order valence-corrected chi connectivity index (χ1v) is 7.66. The molecule has 1 rings (SSSR count). The van der Waals surface area contributed by atoms with Crippen molar-refractivity contribution in [3.05, 3.63) is 13.8 Å². The summed E-state index contributed by atoms with van der Waals surface area (Å²) in [4.78, 5) is 2.11. The fourth-order valence-electron chi connectivity index (χ4n) is 2.16. The van der Waals surface area contributed by atoms with Crippen LogP contribution in [0.25, 0.3) is 0 Å². The maximum absolute atomic E-state index is 9.77. The van der Waals surface area contributed by atoms with Gasteiger partial charge in [0.15, 0.2) is 0 Å². The molecule has 2 atom stereocenters. The van der Waals surface area contributed by atoms with Gasteiger partial charge in [-0.05, 0) is 25.9 Å². The van der Waals surface area contributed by atoms with Crippen molar-refractivity contribution in [3.63, 3.8) is 0 Å². The van der Waals surface area contributed by atoms with Gasteiger partial charge in [-0.3, -0.25) is 0 Å². The van der Waals surface area contributed by atoms with E-state index in [1.54, 1.807) is 0 Å². The molecule has 0 saturated carbocycles. The van der Waals surface area contributed by atoms with Crippen LogP contribution in [-0.4, -0.2) is 47.7 Å². The quantitative estimate of drug-likeness (QED) is 0.219. The molecule has 0 bridgehead atoms. The smallest absolute Gasteiger partial charge is 0.394 e. The molecule has 0 spiro atoms. The third-order valence-corrected chi connectivity index (χ3v) is 3.62. The van der Waals surface area contributed by atoms with Crippen LogP contribution in [-0.2, 0) is 0 Å². The van der Waals surface area contributed by atoms with E-state index >= 15 is 0 Å². The van der Waals surface area contributed by atoms with Gasteiger partial charge in [0.05, 0.1) is 0 Å². The Bertz CT molecular complexity index is 309. The van der Waals surface area contributed by atoms with E-state index in [1.165, 1.54) is 19.3 Å². The number of hydrogen-bond donors (Lipinski definition) is 3. The van der Waals surface area contributed by atoms with Crippen molar-refractivity contribution >= 4 is 24.2 Å². The Hall–Kier alpha value is 0.532. The second kappa shape index (κ2) is 14.1. The van der Waals surface area contributed by atoms with Crippen molar-refractivity contribution in [2.75, 3.05) is 20.1 Å². The average Bonchev–Trinajstić information content (AvgIpc) is 2.41. The van der Waals surface area contributed by atoms with Gasteiger partial charge in [0.25, 0.3) is 0 Å². The first-order chi connectivity index (χ1) is 9.47. The molecule has 0 aromatic rings. The Morgan fingerprint density at radius 2 is 2.10 bits per heavy atom. The van der Waals surface area contributed by atoms with Gasteiger partial charge in [-0.2, -0.15) is 6.42 Å². The first kappa shape index (κ1) is 23.8. The predicted molar refractivity (Wildman–Crippen MR) is 90.6 cm³/mol.